The zero-order valence-electron chi connectivity index (χ0n) is 15.4. The average Bonchev–Trinajstić information content (AvgIpc) is 2.82. The van der Waals surface area contributed by atoms with Gasteiger partial charge in [-0.05, 0) is 23.8 Å². The number of carbonyl (C=O) groups excluding carboxylic acids is 1. The van der Waals surface area contributed by atoms with Gasteiger partial charge in [0, 0.05) is 0 Å². The van der Waals surface area contributed by atoms with Crippen LogP contribution >= 0.6 is 24.0 Å². The molecule has 1 saturated heterocycles. The fourth-order valence-electron chi connectivity index (χ4n) is 1.90. The van der Waals surface area contributed by atoms with E-state index in [4.69, 9.17) is 17.0 Å². The van der Waals surface area contributed by atoms with E-state index in [-0.39, 0.29) is 5.91 Å². The Kier molecular flexibility index (Phi) is 5.99. The van der Waals surface area contributed by atoms with Crippen LogP contribution < -0.4 is 10.1 Å². The molecule has 0 saturated carbocycles. The van der Waals surface area contributed by atoms with Crippen molar-refractivity contribution in [1.29, 1.82) is 0 Å². The summed E-state index contributed by atoms with van der Waals surface area (Å²) in [5.41, 5.74) is 5.35. The predicted octanol–water partition coefficient (Wildman–Crippen LogP) is 4.20. The van der Waals surface area contributed by atoms with Crippen molar-refractivity contribution in [3.63, 3.8) is 0 Å². The first-order valence-electron chi connectivity index (χ1n) is 7.99. The molecule has 1 aromatic carbocycles. The topological polar surface area (TPSA) is 38.3 Å². The highest BCUT2D eigenvalue weighted by molar-refractivity contribution is 8.26. The average molecular weight is 406 g/mol. The van der Waals surface area contributed by atoms with Gasteiger partial charge in [0.2, 0.25) is 0 Å². The van der Waals surface area contributed by atoms with Crippen LogP contribution in [-0.4, -0.2) is 32.5 Å². The molecule has 25 heavy (non-hydrogen) atoms. The van der Waals surface area contributed by atoms with Crippen LogP contribution in [0.5, 0.6) is 5.75 Å². The third kappa shape index (κ3) is 4.85. The standard InChI is InChI=1S/C18H23NO2S2Si2/c1-21-15-8-7-13(12-16-17(20)19-18(22)23-16)11-14(15)9-10-25(5,6)24(2,3)4/h7-8,11-12H,1-6H3,(H,19,20,22)/b16-12-. The number of amides is 1. The minimum Gasteiger partial charge on any atom is -0.495 e. The zero-order chi connectivity index (χ0) is 18.8. The van der Waals surface area contributed by atoms with E-state index in [0.717, 1.165) is 16.9 Å². The Balaban J connectivity index is 2.41. The Labute approximate surface area is 161 Å². The van der Waals surface area contributed by atoms with Gasteiger partial charge in [-0.25, -0.2) is 0 Å². The normalized spacial score (nSPS) is 16.5. The zero-order valence-corrected chi connectivity index (χ0v) is 19.1. The number of rotatable bonds is 3. The molecule has 1 heterocycles. The van der Waals surface area contributed by atoms with Gasteiger partial charge in [0.15, 0.2) is 0 Å². The predicted molar refractivity (Wildman–Crippen MR) is 117 cm³/mol. The van der Waals surface area contributed by atoms with Gasteiger partial charge in [-0.2, -0.15) is 0 Å². The lowest BCUT2D eigenvalue weighted by Gasteiger charge is -2.29. The molecule has 1 N–H and O–H groups in total. The van der Waals surface area contributed by atoms with E-state index in [1.807, 2.05) is 24.3 Å². The van der Waals surface area contributed by atoms with Crippen molar-refractivity contribution in [1.82, 2.24) is 5.32 Å². The van der Waals surface area contributed by atoms with E-state index in [9.17, 15) is 4.79 Å². The highest BCUT2D eigenvalue weighted by atomic mass is 32.2. The van der Waals surface area contributed by atoms with Gasteiger partial charge < -0.3 is 10.1 Å². The maximum atomic E-state index is 11.8. The highest BCUT2D eigenvalue weighted by Gasteiger charge is 2.35. The molecule has 0 radical (unpaired) electrons. The van der Waals surface area contributed by atoms with Crippen molar-refractivity contribution < 1.29 is 9.53 Å². The molecule has 0 spiro atoms. The fraction of sp³-hybridized carbons (Fsp3) is 0.333. The molecular formula is C18H23NO2S2Si2. The molecule has 1 aromatic rings. The lowest BCUT2D eigenvalue weighted by Crippen LogP contribution is -2.51. The molecule has 1 fully saturated rings. The van der Waals surface area contributed by atoms with E-state index in [1.54, 1.807) is 7.11 Å². The second-order valence-electron chi connectivity index (χ2n) is 7.44. The van der Waals surface area contributed by atoms with Gasteiger partial charge >= 0.3 is 0 Å². The van der Waals surface area contributed by atoms with Crippen LogP contribution in [0.3, 0.4) is 0 Å². The summed E-state index contributed by atoms with van der Waals surface area (Å²) in [5.74, 6) is 3.97. The van der Waals surface area contributed by atoms with Crippen LogP contribution in [0.1, 0.15) is 11.1 Å². The van der Waals surface area contributed by atoms with Crippen LogP contribution in [0.4, 0.5) is 0 Å². The van der Waals surface area contributed by atoms with E-state index in [2.05, 4.69) is 49.5 Å². The molecule has 0 bridgehead atoms. The largest absolute Gasteiger partial charge is 0.495 e. The number of thioether (sulfide) groups is 1. The Hall–Kier alpha value is -1.34. The van der Waals surface area contributed by atoms with Crippen molar-refractivity contribution in [3.05, 3.63) is 34.2 Å². The van der Waals surface area contributed by atoms with Gasteiger partial charge in [0.1, 0.15) is 17.7 Å². The summed E-state index contributed by atoms with van der Waals surface area (Å²) >= 11 is 6.31. The van der Waals surface area contributed by atoms with Crippen LogP contribution in [-0.2, 0) is 4.79 Å². The molecule has 132 valence electrons. The first-order chi connectivity index (χ1) is 11.5. The number of thiocarbonyl (C=S) groups is 1. The number of nitrogens with one attached hydrogen (secondary N) is 1. The maximum absolute atomic E-state index is 11.8. The molecule has 2 rings (SSSR count). The van der Waals surface area contributed by atoms with Gasteiger partial charge in [-0.15, -0.1) is 5.54 Å². The summed E-state index contributed by atoms with van der Waals surface area (Å²) in [7, 11) is -1.21. The number of carbonyl (C=O) groups is 1. The van der Waals surface area contributed by atoms with Gasteiger partial charge in [0.05, 0.1) is 25.2 Å². The number of ether oxygens (including phenoxy) is 1. The summed E-state index contributed by atoms with van der Waals surface area (Å²) in [6.45, 7) is 11.8. The van der Waals surface area contributed by atoms with Crippen LogP contribution in [0.2, 0.25) is 32.7 Å². The van der Waals surface area contributed by atoms with E-state index in [1.165, 1.54) is 11.8 Å². The summed E-state index contributed by atoms with van der Waals surface area (Å²) in [6.07, 6.45) is 1.84. The van der Waals surface area contributed by atoms with Gasteiger partial charge in [-0.1, -0.05) is 68.7 Å². The van der Waals surface area contributed by atoms with E-state index < -0.39 is 15.2 Å². The molecular weight excluding hydrogens is 383 g/mol. The first-order valence-corrected chi connectivity index (χ1v) is 16.7. The first kappa shape index (κ1) is 20.0. The molecule has 0 unspecified atom stereocenters. The van der Waals surface area contributed by atoms with Crippen molar-refractivity contribution >= 4 is 55.5 Å². The van der Waals surface area contributed by atoms with Crippen molar-refractivity contribution in [2.75, 3.05) is 7.11 Å². The quantitative estimate of drug-likeness (QED) is 0.354. The molecule has 0 aromatic heterocycles. The Bertz CT molecular complexity index is 815. The third-order valence-electron chi connectivity index (χ3n) is 4.55. The van der Waals surface area contributed by atoms with Crippen molar-refractivity contribution in [2.24, 2.45) is 0 Å². The molecule has 0 atom stereocenters. The second-order valence-corrected chi connectivity index (χ2v) is 25.4. The molecule has 3 nitrogen and oxygen atoms in total. The highest BCUT2D eigenvalue weighted by Crippen LogP contribution is 2.28. The Morgan fingerprint density at radius 3 is 2.44 bits per heavy atom. The summed E-state index contributed by atoms with van der Waals surface area (Å²) in [5, 5.41) is 2.63. The van der Waals surface area contributed by atoms with Crippen molar-refractivity contribution in [2.45, 2.75) is 32.7 Å². The molecule has 1 aliphatic rings. The summed E-state index contributed by atoms with van der Waals surface area (Å²) < 4.78 is 5.95. The van der Waals surface area contributed by atoms with Gasteiger partial charge in [-0.3, -0.25) is 4.79 Å². The number of benzene rings is 1. The minimum atomic E-state index is -1.58. The molecule has 1 aliphatic heterocycles. The monoisotopic (exact) mass is 405 g/mol. The molecule has 0 aliphatic carbocycles. The minimum absolute atomic E-state index is 0.147. The summed E-state index contributed by atoms with van der Waals surface area (Å²) in [6, 6.07) is 5.80. The smallest absolute Gasteiger partial charge is 0.263 e. The lowest BCUT2D eigenvalue weighted by atomic mass is 10.1. The molecule has 7 heteroatoms. The van der Waals surface area contributed by atoms with Crippen LogP contribution in [0, 0.1) is 11.5 Å². The van der Waals surface area contributed by atoms with Crippen molar-refractivity contribution in [3.8, 4) is 17.2 Å². The SMILES string of the molecule is COc1ccc(/C=C2\SC(=S)NC2=O)cc1C#C[Si](C)(C)[Si](C)(C)C. The number of methoxy groups -OCH3 is 1. The molecule has 1 amide bonds. The van der Waals surface area contributed by atoms with Crippen LogP contribution in [0.15, 0.2) is 23.1 Å². The maximum Gasteiger partial charge on any atom is 0.263 e. The Morgan fingerprint density at radius 2 is 1.92 bits per heavy atom. The van der Waals surface area contributed by atoms with Gasteiger partial charge in [0.25, 0.3) is 5.91 Å². The lowest BCUT2D eigenvalue weighted by molar-refractivity contribution is -0.115. The third-order valence-corrected chi connectivity index (χ3v) is 21.8. The van der Waals surface area contributed by atoms with E-state index in [0.29, 0.717) is 9.23 Å². The fourth-order valence-corrected chi connectivity index (χ4v) is 5.08. The van der Waals surface area contributed by atoms with Crippen LogP contribution in [0.25, 0.3) is 6.08 Å². The number of hydrogen-bond acceptors (Lipinski definition) is 4. The second kappa shape index (κ2) is 7.50. The number of hydrogen-bond donors (Lipinski definition) is 1. The summed E-state index contributed by atoms with van der Waals surface area (Å²) in [4.78, 5) is 12.4. The Morgan fingerprint density at radius 1 is 1.24 bits per heavy atom. The van der Waals surface area contributed by atoms with E-state index >= 15 is 0 Å².